The third-order valence-electron chi connectivity index (χ3n) is 2.71. The highest BCUT2D eigenvalue weighted by Crippen LogP contribution is 2.19. The van der Waals surface area contributed by atoms with Gasteiger partial charge in [-0.2, -0.15) is 0 Å². The molecular formula is C13H26Si. The Morgan fingerprint density at radius 3 is 2.14 bits per heavy atom. The molecule has 0 nitrogen and oxygen atoms in total. The van der Waals surface area contributed by atoms with Gasteiger partial charge in [-0.15, -0.1) is 13.2 Å². The predicted molar refractivity (Wildman–Crippen MR) is 70.6 cm³/mol. The van der Waals surface area contributed by atoms with Crippen LogP contribution in [-0.4, -0.2) is 8.07 Å². The van der Waals surface area contributed by atoms with E-state index in [1.807, 2.05) is 6.08 Å². The Balaban J connectivity index is 3.34. The Morgan fingerprint density at radius 1 is 0.929 bits per heavy atom. The zero-order valence-corrected chi connectivity index (χ0v) is 11.0. The third kappa shape index (κ3) is 8.30. The number of unbranched alkanes of at least 4 members (excludes halogenated alkanes) is 4. The minimum Gasteiger partial charge on any atom is -0.103 e. The standard InChI is InChI=1S/C13H26Si/c1-5-7-8-9-10-11-13-14(3,4)12-6-2/h5-6H,1-2,7-13H2,3-4H3. The van der Waals surface area contributed by atoms with Gasteiger partial charge in [-0.05, 0) is 18.9 Å². The van der Waals surface area contributed by atoms with Crippen LogP contribution in [0.2, 0.25) is 25.2 Å². The van der Waals surface area contributed by atoms with Gasteiger partial charge in [-0.25, -0.2) is 0 Å². The Labute approximate surface area is 91.1 Å². The van der Waals surface area contributed by atoms with Crippen LogP contribution in [0.25, 0.3) is 0 Å². The maximum absolute atomic E-state index is 3.84. The van der Waals surface area contributed by atoms with Crippen LogP contribution >= 0.6 is 0 Å². The van der Waals surface area contributed by atoms with Crippen LogP contribution in [0.3, 0.4) is 0 Å². The lowest BCUT2D eigenvalue weighted by atomic mass is 10.1. The average Bonchev–Trinajstić information content (AvgIpc) is 2.11. The van der Waals surface area contributed by atoms with Gasteiger partial charge in [-0.3, -0.25) is 0 Å². The second-order valence-electron chi connectivity index (χ2n) is 4.90. The van der Waals surface area contributed by atoms with Gasteiger partial charge in [0.2, 0.25) is 0 Å². The fraction of sp³-hybridized carbons (Fsp3) is 0.692. The van der Waals surface area contributed by atoms with E-state index in [9.17, 15) is 0 Å². The molecule has 0 aromatic carbocycles. The second kappa shape index (κ2) is 8.04. The molecule has 0 bridgehead atoms. The van der Waals surface area contributed by atoms with Crippen LogP contribution in [0.15, 0.2) is 25.3 Å². The molecule has 1 heteroatoms. The highest BCUT2D eigenvalue weighted by atomic mass is 28.3. The number of allylic oxidation sites excluding steroid dienone is 2. The fourth-order valence-electron chi connectivity index (χ4n) is 1.74. The second-order valence-corrected chi connectivity index (χ2v) is 10.1. The van der Waals surface area contributed by atoms with Gasteiger partial charge < -0.3 is 0 Å². The summed E-state index contributed by atoms with van der Waals surface area (Å²) in [5.74, 6) is 0. The van der Waals surface area contributed by atoms with Gasteiger partial charge in [0.05, 0.1) is 8.07 Å². The molecule has 0 spiro atoms. The first-order valence-corrected chi connectivity index (χ1v) is 9.25. The van der Waals surface area contributed by atoms with Crippen LogP contribution < -0.4 is 0 Å². The van der Waals surface area contributed by atoms with Gasteiger partial charge in [-0.1, -0.05) is 50.6 Å². The predicted octanol–water partition coefficient (Wildman–Crippen LogP) is 5.02. The van der Waals surface area contributed by atoms with E-state index in [0.717, 1.165) is 0 Å². The summed E-state index contributed by atoms with van der Waals surface area (Å²) in [5, 5.41) is 0. The molecule has 0 unspecified atom stereocenters. The van der Waals surface area contributed by atoms with Crippen molar-refractivity contribution in [2.45, 2.75) is 57.3 Å². The van der Waals surface area contributed by atoms with Crippen molar-refractivity contribution < 1.29 is 0 Å². The zero-order valence-electron chi connectivity index (χ0n) is 10.0. The lowest BCUT2D eigenvalue weighted by Gasteiger charge is -2.19. The summed E-state index contributed by atoms with van der Waals surface area (Å²) < 4.78 is 0. The molecule has 0 heterocycles. The number of hydrogen-bond donors (Lipinski definition) is 0. The molecular weight excluding hydrogens is 184 g/mol. The van der Waals surface area contributed by atoms with Crippen LogP contribution in [0.5, 0.6) is 0 Å². The smallest absolute Gasteiger partial charge is 0.0511 e. The Kier molecular flexibility index (Phi) is 7.87. The number of rotatable bonds is 9. The first kappa shape index (κ1) is 13.7. The summed E-state index contributed by atoms with van der Waals surface area (Å²) in [5.41, 5.74) is 0. The Morgan fingerprint density at radius 2 is 1.57 bits per heavy atom. The third-order valence-corrected chi connectivity index (χ3v) is 5.81. The molecule has 0 radical (unpaired) electrons. The Bertz CT molecular complexity index is 159. The first-order valence-electron chi connectivity index (χ1n) is 5.84. The van der Waals surface area contributed by atoms with Crippen LogP contribution in [0, 0.1) is 0 Å². The van der Waals surface area contributed by atoms with Crippen LogP contribution in [-0.2, 0) is 0 Å². The van der Waals surface area contributed by atoms with Gasteiger partial charge >= 0.3 is 0 Å². The highest BCUT2D eigenvalue weighted by Gasteiger charge is 2.17. The Hall–Kier alpha value is -0.303. The molecule has 0 saturated carbocycles. The van der Waals surface area contributed by atoms with Crippen molar-refractivity contribution in [3.63, 3.8) is 0 Å². The molecule has 0 N–H and O–H groups in total. The SMILES string of the molecule is C=CCCCCCC[Si](C)(C)CC=C. The molecule has 14 heavy (non-hydrogen) atoms. The molecule has 82 valence electrons. The summed E-state index contributed by atoms with van der Waals surface area (Å²) in [4.78, 5) is 0. The summed E-state index contributed by atoms with van der Waals surface area (Å²) in [6.45, 7) is 12.5. The molecule has 0 saturated heterocycles. The van der Waals surface area contributed by atoms with Crippen molar-refractivity contribution >= 4 is 8.07 Å². The lowest BCUT2D eigenvalue weighted by Crippen LogP contribution is -2.23. The van der Waals surface area contributed by atoms with Crippen molar-refractivity contribution in [2.24, 2.45) is 0 Å². The molecule has 0 rings (SSSR count). The van der Waals surface area contributed by atoms with Crippen LogP contribution in [0.1, 0.15) is 32.1 Å². The molecule has 0 aliphatic carbocycles. The highest BCUT2D eigenvalue weighted by molar-refractivity contribution is 6.77. The van der Waals surface area contributed by atoms with E-state index in [2.05, 4.69) is 32.3 Å². The largest absolute Gasteiger partial charge is 0.103 e. The zero-order chi connectivity index (χ0) is 10.9. The van der Waals surface area contributed by atoms with Crippen molar-refractivity contribution in [3.05, 3.63) is 25.3 Å². The maximum Gasteiger partial charge on any atom is 0.0511 e. The molecule has 0 amide bonds. The lowest BCUT2D eigenvalue weighted by molar-refractivity contribution is 0.670. The monoisotopic (exact) mass is 210 g/mol. The van der Waals surface area contributed by atoms with E-state index < -0.39 is 8.07 Å². The van der Waals surface area contributed by atoms with Crippen molar-refractivity contribution in [1.29, 1.82) is 0 Å². The molecule has 0 atom stereocenters. The average molecular weight is 210 g/mol. The summed E-state index contributed by atoms with van der Waals surface area (Å²) in [7, 11) is -0.910. The van der Waals surface area contributed by atoms with Crippen LogP contribution in [0.4, 0.5) is 0 Å². The quantitative estimate of drug-likeness (QED) is 0.285. The normalized spacial score (nSPS) is 11.3. The maximum atomic E-state index is 3.84. The summed E-state index contributed by atoms with van der Waals surface area (Å²) in [6.07, 6.45) is 10.8. The van der Waals surface area contributed by atoms with Gasteiger partial charge in [0.1, 0.15) is 0 Å². The van der Waals surface area contributed by atoms with Crippen molar-refractivity contribution in [3.8, 4) is 0 Å². The van der Waals surface area contributed by atoms with Gasteiger partial charge in [0, 0.05) is 0 Å². The topological polar surface area (TPSA) is 0 Å². The molecule has 0 fully saturated rings. The van der Waals surface area contributed by atoms with E-state index >= 15 is 0 Å². The van der Waals surface area contributed by atoms with Crippen molar-refractivity contribution in [2.75, 3.05) is 0 Å². The van der Waals surface area contributed by atoms with E-state index in [1.165, 1.54) is 44.2 Å². The van der Waals surface area contributed by atoms with Gasteiger partial charge in [0.25, 0.3) is 0 Å². The van der Waals surface area contributed by atoms with E-state index in [0.29, 0.717) is 0 Å². The minimum atomic E-state index is -0.910. The molecule has 0 aromatic rings. The summed E-state index contributed by atoms with van der Waals surface area (Å²) >= 11 is 0. The van der Waals surface area contributed by atoms with E-state index in [-0.39, 0.29) is 0 Å². The van der Waals surface area contributed by atoms with Crippen molar-refractivity contribution in [1.82, 2.24) is 0 Å². The summed E-state index contributed by atoms with van der Waals surface area (Å²) in [6, 6.07) is 2.74. The van der Waals surface area contributed by atoms with Gasteiger partial charge in [0.15, 0.2) is 0 Å². The first-order chi connectivity index (χ1) is 6.62. The minimum absolute atomic E-state index is 0.910. The fourth-order valence-corrected chi connectivity index (χ4v) is 3.93. The molecule has 0 aliphatic heterocycles. The molecule has 0 aromatic heterocycles. The van der Waals surface area contributed by atoms with E-state index in [4.69, 9.17) is 0 Å². The number of hydrogen-bond acceptors (Lipinski definition) is 0. The molecule has 0 aliphatic rings. The van der Waals surface area contributed by atoms with E-state index in [1.54, 1.807) is 0 Å².